The van der Waals surface area contributed by atoms with Crippen molar-refractivity contribution in [2.24, 2.45) is 0 Å². The topological polar surface area (TPSA) is 58.6 Å². The second kappa shape index (κ2) is 10.3. The van der Waals surface area contributed by atoms with E-state index in [1.165, 1.54) is 0 Å². The number of rotatable bonds is 8. The summed E-state index contributed by atoms with van der Waals surface area (Å²) in [5.74, 6) is 0.301. The number of likely N-dealkylation sites (N-methyl/N-ethyl adjacent to an activating group) is 1. The van der Waals surface area contributed by atoms with E-state index in [2.05, 4.69) is 26.1 Å². The average Bonchev–Trinajstić information content (AvgIpc) is 2.70. The van der Waals surface area contributed by atoms with Crippen LogP contribution in [0.1, 0.15) is 51.3 Å². The predicted molar refractivity (Wildman–Crippen MR) is 121 cm³/mol. The SMILES string of the molecule is CCNC(=O)[C@@H](C)N(Cc1ccccc1C)C(=O)COc1ccccc1C(C)(C)C. The molecule has 5 nitrogen and oxygen atoms in total. The Morgan fingerprint density at radius 1 is 1.07 bits per heavy atom. The Kier molecular flexibility index (Phi) is 8.04. The Labute approximate surface area is 180 Å². The summed E-state index contributed by atoms with van der Waals surface area (Å²) in [6.45, 7) is 12.7. The summed E-state index contributed by atoms with van der Waals surface area (Å²) in [4.78, 5) is 27.2. The summed E-state index contributed by atoms with van der Waals surface area (Å²) in [7, 11) is 0. The number of hydrogen-bond acceptors (Lipinski definition) is 3. The van der Waals surface area contributed by atoms with Crippen molar-refractivity contribution in [1.29, 1.82) is 0 Å². The van der Waals surface area contributed by atoms with Crippen molar-refractivity contribution in [3.8, 4) is 5.75 Å². The molecule has 0 aliphatic rings. The molecule has 5 heteroatoms. The summed E-state index contributed by atoms with van der Waals surface area (Å²) < 4.78 is 5.94. The van der Waals surface area contributed by atoms with Crippen molar-refractivity contribution in [1.82, 2.24) is 10.2 Å². The first-order chi connectivity index (χ1) is 14.1. The van der Waals surface area contributed by atoms with Gasteiger partial charge >= 0.3 is 0 Å². The maximum absolute atomic E-state index is 13.2. The van der Waals surface area contributed by atoms with Crippen molar-refractivity contribution in [2.45, 2.75) is 59.5 Å². The zero-order valence-corrected chi connectivity index (χ0v) is 19.0. The largest absolute Gasteiger partial charge is 0.483 e. The van der Waals surface area contributed by atoms with E-state index in [0.29, 0.717) is 18.8 Å². The monoisotopic (exact) mass is 410 g/mol. The van der Waals surface area contributed by atoms with Crippen LogP contribution < -0.4 is 10.1 Å². The number of para-hydroxylation sites is 1. The smallest absolute Gasteiger partial charge is 0.261 e. The van der Waals surface area contributed by atoms with E-state index in [0.717, 1.165) is 16.7 Å². The van der Waals surface area contributed by atoms with Crippen molar-refractivity contribution in [2.75, 3.05) is 13.2 Å². The molecule has 2 aromatic rings. The van der Waals surface area contributed by atoms with Crippen LogP contribution in [0.25, 0.3) is 0 Å². The lowest BCUT2D eigenvalue weighted by molar-refractivity contribution is -0.142. The van der Waals surface area contributed by atoms with E-state index in [-0.39, 0.29) is 23.8 Å². The fraction of sp³-hybridized carbons (Fsp3) is 0.440. The highest BCUT2D eigenvalue weighted by atomic mass is 16.5. The zero-order chi connectivity index (χ0) is 22.3. The standard InChI is InChI=1S/C25H34N2O3/c1-7-26-24(29)19(3)27(16-20-13-9-8-12-18(20)2)23(28)17-30-22-15-11-10-14-21(22)25(4,5)6/h8-15,19H,7,16-17H2,1-6H3,(H,26,29)/t19-/m1/s1. The van der Waals surface area contributed by atoms with Gasteiger partial charge in [-0.15, -0.1) is 0 Å². The molecule has 1 N–H and O–H groups in total. The first-order valence-corrected chi connectivity index (χ1v) is 10.5. The fourth-order valence-electron chi connectivity index (χ4n) is 3.31. The minimum atomic E-state index is -0.599. The summed E-state index contributed by atoms with van der Waals surface area (Å²) in [6.07, 6.45) is 0. The van der Waals surface area contributed by atoms with Crippen molar-refractivity contribution < 1.29 is 14.3 Å². The molecule has 30 heavy (non-hydrogen) atoms. The number of nitrogens with zero attached hydrogens (tertiary/aromatic N) is 1. The highest BCUT2D eigenvalue weighted by Gasteiger charge is 2.27. The third-order valence-corrected chi connectivity index (χ3v) is 5.17. The number of benzene rings is 2. The molecule has 0 aromatic heterocycles. The van der Waals surface area contributed by atoms with Crippen LogP contribution in [-0.2, 0) is 21.5 Å². The molecular formula is C25H34N2O3. The molecule has 2 rings (SSSR count). The maximum Gasteiger partial charge on any atom is 0.261 e. The van der Waals surface area contributed by atoms with E-state index < -0.39 is 6.04 Å². The van der Waals surface area contributed by atoms with Crippen LogP contribution in [0.5, 0.6) is 5.75 Å². The number of aryl methyl sites for hydroxylation is 1. The van der Waals surface area contributed by atoms with Crippen LogP contribution in [0.4, 0.5) is 0 Å². The van der Waals surface area contributed by atoms with E-state index in [1.807, 2.05) is 62.4 Å². The number of amides is 2. The summed E-state index contributed by atoms with van der Waals surface area (Å²) in [5.41, 5.74) is 3.03. The Balaban J connectivity index is 2.23. The van der Waals surface area contributed by atoms with Gasteiger partial charge in [-0.05, 0) is 48.9 Å². The van der Waals surface area contributed by atoms with E-state index in [4.69, 9.17) is 4.74 Å². The maximum atomic E-state index is 13.2. The Morgan fingerprint density at radius 2 is 1.70 bits per heavy atom. The van der Waals surface area contributed by atoms with Gasteiger partial charge in [0, 0.05) is 13.1 Å². The summed E-state index contributed by atoms with van der Waals surface area (Å²) >= 11 is 0. The highest BCUT2D eigenvalue weighted by Crippen LogP contribution is 2.31. The molecule has 0 saturated carbocycles. The van der Waals surface area contributed by atoms with Gasteiger partial charge in [-0.25, -0.2) is 0 Å². The van der Waals surface area contributed by atoms with Gasteiger partial charge in [-0.2, -0.15) is 0 Å². The van der Waals surface area contributed by atoms with Crippen LogP contribution in [0.3, 0.4) is 0 Å². The van der Waals surface area contributed by atoms with E-state index in [9.17, 15) is 9.59 Å². The molecule has 0 unspecified atom stereocenters. The second-order valence-corrected chi connectivity index (χ2v) is 8.55. The quantitative estimate of drug-likeness (QED) is 0.709. The van der Waals surface area contributed by atoms with Crippen LogP contribution in [0, 0.1) is 6.92 Å². The minimum absolute atomic E-state index is 0.102. The molecule has 0 fully saturated rings. The van der Waals surface area contributed by atoms with Crippen LogP contribution >= 0.6 is 0 Å². The number of nitrogens with one attached hydrogen (secondary N) is 1. The van der Waals surface area contributed by atoms with Gasteiger partial charge < -0.3 is 15.0 Å². The van der Waals surface area contributed by atoms with Crippen molar-refractivity contribution >= 4 is 11.8 Å². The molecule has 2 aromatic carbocycles. The van der Waals surface area contributed by atoms with Gasteiger partial charge in [-0.1, -0.05) is 63.2 Å². The second-order valence-electron chi connectivity index (χ2n) is 8.55. The molecule has 0 radical (unpaired) electrons. The van der Waals surface area contributed by atoms with Gasteiger partial charge in [0.05, 0.1) is 0 Å². The Bertz CT molecular complexity index is 871. The zero-order valence-electron chi connectivity index (χ0n) is 19.0. The van der Waals surface area contributed by atoms with Gasteiger partial charge in [-0.3, -0.25) is 9.59 Å². The number of ether oxygens (including phenoxy) is 1. The molecule has 0 aliphatic heterocycles. The van der Waals surface area contributed by atoms with E-state index >= 15 is 0 Å². The molecular weight excluding hydrogens is 376 g/mol. The molecule has 0 spiro atoms. The van der Waals surface area contributed by atoms with Gasteiger partial charge in [0.1, 0.15) is 11.8 Å². The first-order valence-electron chi connectivity index (χ1n) is 10.5. The summed E-state index contributed by atoms with van der Waals surface area (Å²) in [6, 6.07) is 15.1. The average molecular weight is 411 g/mol. The van der Waals surface area contributed by atoms with Crippen LogP contribution in [0.15, 0.2) is 48.5 Å². The Hall–Kier alpha value is -2.82. The molecule has 1 atom stereocenters. The first kappa shape index (κ1) is 23.5. The number of carbonyl (C=O) groups is 2. The molecule has 0 saturated heterocycles. The normalized spacial score (nSPS) is 12.2. The highest BCUT2D eigenvalue weighted by molar-refractivity contribution is 5.88. The summed E-state index contributed by atoms with van der Waals surface area (Å²) in [5, 5.41) is 2.81. The van der Waals surface area contributed by atoms with E-state index in [1.54, 1.807) is 11.8 Å². The third kappa shape index (κ3) is 6.09. The van der Waals surface area contributed by atoms with Crippen LogP contribution in [0.2, 0.25) is 0 Å². The molecule has 0 aliphatic carbocycles. The van der Waals surface area contributed by atoms with Crippen molar-refractivity contribution in [3.05, 3.63) is 65.2 Å². The lowest BCUT2D eigenvalue weighted by Crippen LogP contribution is -2.49. The van der Waals surface area contributed by atoms with Crippen LogP contribution in [-0.4, -0.2) is 35.9 Å². The number of hydrogen-bond donors (Lipinski definition) is 1. The third-order valence-electron chi connectivity index (χ3n) is 5.17. The van der Waals surface area contributed by atoms with Gasteiger partial charge in [0.25, 0.3) is 5.91 Å². The molecule has 0 bridgehead atoms. The lowest BCUT2D eigenvalue weighted by Gasteiger charge is -2.29. The molecule has 0 heterocycles. The molecule has 2 amide bonds. The minimum Gasteiger partial charge on any atom is -0.483 e. The Morgan fingerprint density at radius 3 is 2.33 bits per heavy atom. The lowest BCUT2D eigenvalue weighted by atomic mass is 9.86. The van der Waals surface area contributed by atoms with Gasteiger partial charge in [0.15, 0.2) is 6.61 Å². The predicted octanol–water partition coefficient (Wildman–Crippen LogP) is 4.22. The van der Waals surface area contributed by atoms with Crippen molar-refractivity contribution in [3.63, 3.8) is 0 Å². The molecule has 162 valence electrons. The fourth-order valence-corrected chi connectivity index (χ4v) is 3.31. The van der Waals surface area contributed by atoms with Gasteiger partial charge in [0.2, 0.25) is 5.91 Å². The number of carbonyl (C=O) groups excluding carboxylic acids is 2.